The van der Waals surface area contributed by atoms with Gasteiger partial charge in [0.25, 0.3) is 0 Å². The van der Waals surface area contributed by atoms with E-state index in [0.29, 0.717) is 16.7 Å². The number of halogens is 1. The largest absolute Gasteiger partial charge is 0.368 e. The number of nitrogens with zero attached hydrogens (tertiary/aromatic N) is 3. The maximum absolute atomic E-state index is 5.83. The Morgan fingerprint density at radius 2 is 2.35 bits per heavy atom. The zero-order valence-corrected chi connectivity index (χ0v) is 11.3. The van der Waals surface area contributed by atoms with Gasteiger partial charge in [-0.3, -0.25) is 0 Å². The first-order valence-corrected chi connectivity index (χ1v) is 7.00. The van der Waals surface area contributed by atoms with Crippen LogP contribution in [0.3, 0.4) is 0 Å². The summed E-state index contributed by atoms with van der Waals surface area (Å²) in [6.07, 6.45) is 4.77. The summed E-state index contributed by atoms with van der Waals surface area (Å²) in [5.74, 6) is 0.714. The van der Waals surface area contributed by atoms with Gasteiger partial charge in [-0.05, 0) is 24.3 Å². The number of imidazole rings is 1. The molecular formula is C10H14ClN5S. The summed E-state index contributed by atoms with van der Waals surface area (Å²) < 4.78 is 0. The topological polar surface area (TPSA) is 66.5 Å². The quantitative estimate of drug-likeness (QED) is 0.818. The third-order valence-corrected chi connectivity index (χ3v) is 3.71. The van der Waals surface area contributed by atoms with E-state index in [1.54, 1.807) is 6.33 Å². The predicted octanol–water partition coefficient (Wildman–Crippen LogP) is 2.56. The molecule has 1 unspecified atom stereocenters. The normalized spacial score (nSPS) is 12.9. The minimum Gasteiger partial charge on any atom is -0.368 e. The van der Waals surface area contributed by atoms with Crippen LogP contribution in [0.2, 0.25) is 5.28 Å². The van der Waals surface area contributed by atoms with Gasteiger partial charge in [0.1, 0.15) is 5.52 Å². The first-order chi connectivity index (χ1) is 8.20. The number of H-pyrrole nitrogens is 1. The fraction of sp³-hybridized carbons (Fsp3) is 0.500. The molecule has 0 amide bonds. The number of anilines is 1. The molecule has 0 fully saturated rings. The second-order valence-electron chi connectivity index (χ2n) is 3.70. The van der Waals surface area contributed by atoms with Gasteiger partial charge in [-0.15, -0.1) is 0 Å². The lowest BCUT2D eigenvalue weighted by Crippen LogP contribution is -2.09. The molecule has 0 aromatic carbocycles. The van der Waals surface area contributed by atoms with Crippen molar-refractivity contribution in [1.82, 2.24) is 19.9 Å². The van der Waals surface area contributed by atoms with E-state index in [2.05, 4.69) is 38.4 Å². The molecule has 0 spiro atoms. The molecule has 2 rings (SSSR count). The molecule has 0 saturated heterocycles. The fourth-order valence-electron chi connectivity index (χ4n) is 1.45. The van der Waals surface area contributed by atoms with E-state index in [-0.39, 0.29) is 5.28 Å². The summed E-state index contributed by atoms with van der Waals surface area (Å²) in [7, 11) is 0. The van der Waals surface area contributed by atoms with Gasteiger partial charge < -0.3 is 10.3 Å². The summed E-state index contributed by atoms with van der Waals surface area (Å²) >= 11 is 7.68. The summed E-state index contributed by atoms with van der Waals surface area (Å²) in [4.78, 5) is 15.3. The standard InChI is InChI=1S/C10H14ClN5S/c1-6(17-2)3-4-12-8-7-9(14-5-13-7)16-10(11)15-8/h5-6H,3-4H2,1-2H3,(H2,12,13,14,15,16). The number of hydrogen-bond acceptors (Lipinski definition) is 5. The van der Waals surface area contributed by atoms with E-state index in [9.17, 15) is 0 Å². The smallest absolute Gasteiger partial charge is 0.226 e. The SMILES string of the molecule is CSC(C)CCNc1nc(Cl)nc2nc[nH]c12. The molecular weight excluding hydrogens is 258 g/mol. The molecule has 0 bridgehead atoms. The van der Waals surface area contributed by atoms with Gasteiger partial charge in [0, 0.05) is 11.8 Å². The molecule has 0 saturated carbocycles. The summed E-state index contributed by atoms with van der Waals surface area (Å²) in [5, 5.41) is 4.09. The van der Waals surface area contributed by atoms with Crippen LogP contribution in [0, 0.1) is 0 Å². The molecule has 2 N–H and O–H groups in total. The molecule has 2 heterocycles. The van der Waals surface area contributed by atoms with Crippen molar-refractivity contribution in [3.05, 3.63) is 11.6 Å². The van der Waals surface area contributed by atoms with Crippen molar-refractivity contribution in [3.63, 3.8) is 0 Å². The Morgan fingerprint density at radius 1 is 1.53 bits per heavy atom. The van der Waals surface area contributed by atoms with Gasteiger partial charge in [0.05, 0.1) is 6.33 Å². The van der Waals surface area contributed by atoms with Gasteiger partial charge in [-0.25, -0.2) is 4.98 Å². The number of fused-ring (bicyclic) bond motifs is 1. The highest BCUT2D eigenvalue weighted by atomic mass is 35.5. The minimum absolute atomic E-state index is 0.213. The molecule has 17 heavy (non-hydrogen) atoms. The third-order valence-electron chi connectivity index (χ3n) is 2.50. The van der Waals surface area contributed by atoms with Crippen LogP contribution < -0.4 is 5.32 Å². The summed E-state index contributed by atoms with van der Waals surface area (Å²) in [6, 6.07) is 0. The molecule has 92 valence electrons. The van der Waals surface area contributed by atoms with Crippen LogP contribution in [-0.2, 0) is 0 Å². The maximum Gasteiger partial charge on any atom is 0.226 e. The second kappa shape index (κ2) is 5.55. The van der Waals surface area contributed by atoms with Crippen molar-refractivity contribution in [2.24, 2.45) is 0 Å². The molecule has 0 aliphatic carbocycles. The first kappa shape index (κ1) is 12.4. The van der Waals surface area contributed by atoms with Gasteiger partial charge >= 0.3 is 0 Å². The number of nitrogens with one attached hydrogen (secondary N) is 2. The molecule has 1 atom stereocenters. The Balaban J connectivity index is 2.09. The van der Waals surface area contributed by atoms with Crippen LogP contribution in [0.15, 0.2) is 6.33 Å². The molecule has 7 heteroatoms. The highest BCUT2D eigenvalue weighted by Crippen LogP contribution is 2.19. The number of rotatable bonds is 5. The lowest BCUT2D eigenvalue weighted by Gasteiger charge is -2.09. The maximum atomic E-state index is 5.83. The van der Waals surface area contributed by atoms with E-state index < -0.39 is 0 Å². The van der Waals surface area contributed by atoms with Crippen LogP contribution in [-0.4, -0.2) is 38.0 Å². The minimum atomic E-state index is 0.213. The van der Waals surface area contributed by atoms with Gasteiger partial charge in [0.15, 0.2) is 11.5 Å². The van der Waals surface area contributed by atoms with Crippen LogP contribution in [0.4, 0.5) is 5.82 Å². The Hall–Kier alpha value is -1.01. The lowest BCUT2D eigenvalue weighted by molar-refractivity contribution is 0.850. The number of thioether (sulfide) groups is 1. The third kappa shape index (κ3) is 3.01. The zero-order chi connectivity index (χ0) is 12.3. The van der Waals surface area contributed by atoms with Crippen LogP contribution in [0.25, 0.3) is 11.2 Å². The zero-order valence-electron chi connectivity index (χ0n) is 9.70. The van der Waals surface area contributed by atoms with Crippen molar-refractivity contribution in [2.75, 3.05) is 18.1 Å². The Morgan fingerprint density at radius 3 is 3.12 bits per heavy atom. The summed E-state index contributed by atoms with van der Waals surface area (Å²) in [6.45, 7) is 3.05. The van der Waals surface area contributed by atoms with Crippen molar-refractivity contribution in [3.8, 4) is 0 Å². The highest BCUT2D eigenvalue weighted by Gasteiger charge is 2.08. The monoisotopic (exact) mass is 271 g/mol. The van der Waals surface area contributed by atoms with Crippen molar-refractivity contribution < 1.29 is 0 Å². The first-order valence-electron chi connectivity index (χ1n) is 5.34. The lowest BCUT2D eigenvalue weighted by atomic mass is 10.3. The highest BCUT2D eigenvalue weighted by molar-refractivity contribution is 7.99. The number of aromatic nitrogens is 4. The van der Waals surface area contributed by atoms with Crippen molar-refractivity contribution in [2.45, 2.75) is 18.6 Å². The van der Waals surface area contributed by atoms with E-state index in [4.69, 9.17) is 11.6 Å². The van der Waals surface area contributed by atoms with Gasteiger partial charge in [0.2, 0.25) is 5.28 Å². The summed E-state index contributed by atoms with van der Waals surface area (Å²) in [5.41, 5.74) is 1.39. The van der Waals surface area contributed by atoms with E-state index in [0.717, 1.165) is 18.5 Å². The molecule has 5 nitrogen and oxygen atoms in total. The molecule has 0 radical (unpaired) electrons. The molecule has 0 aliphatic heterocycles. The average molecular weight is 272 g/mol. The van der Waals surface area contributed by atoms with E-state index in [1.807, 2.05) is 11.8 Å². The number of hydrogen-bond donors (Lipinski definition) is 2. The second-order valence-corrected chi connectivity index (χ2v) is 5.32. The molecule has 0 aliphatic rings. The average Bonchev–Trinajstić information content (AvgIpc) is 2.76. The molecule has 2 aromatic rings. The van der Waals surface area contributed by atoms with Crippen LogP contribution in [0.1, 0.15) is 13.3 Å². The Bertz CT molecular complexity index is 500. The Labute approximate surface area is 109 Å². The predicted molar refractivity (Wildman–Crippen MR) is 72.8 cm³/mol. The van der Waals surface area contributed by atoms with Crippen molar-refractivity contribution in [1.29, 1.82) is 0 Å². The van der Waals surface area contributed by atoms with Crippen LogP contribution >= 0.6 is 23.4 Å². The fourth-order valence-corrected chi connectivity index (χ4v) is 1.96. The molecule has 2 aromatic heterocycles. The van der Waals surface area contributed by atoms with Gasteiger partial charge in [-0.2, -0.15) is 21.7 Å². The van der Waals surface area contributed by atoms with E-state index >= 15 is 0 Å². The van der Waals surface area contributed by atoms with E-state index in [1.165, 1.54) is 0 Å². The van der Waals surface area contributed by atoms with Gasteiger partial charge in [-0.1, -0.05) is 6.92 Å². The van der Waals surface area contributed by atoms with Crippen LogP contribution in [0.5, 0.6) is 0 Å². The van der Waals surface area contributed by atoms with Crippen molar-refractivity contribution >= 4 is 40.3 Å². The Kier molecular flexibility index (Phi) is 4.06. The number of aromatic amines is 1.